The highest BCUT2D eigenvalue weighted by Crippen LogP contribution is 2.41. The maximum Gasteiger partial charge on any atom is 0.271 e. The molecule has 1 N–H and O–H groups in total. The number of nitrogens with zero attached hydrogens (tertiary/aromatic N) is 3. The molecule has 2 aromatic carbocycles. The van der Waals surface area contributed by atoms with Crippen molar-refractivity contribution in [1.29, 1.82) is 0 Å². The van der Waals surface area contributed by atoms with E-state index in [9.17, 15) is 10.1 Å². The number of fused-ring (bicyclic) bond motifs is 1. The Bertz CT molecular complexity index is 1160. The lowest BCUT2D eigenvalue weighted by atomic mass is 10.0. The van der Waals surface area contributed by atoms with E-state index in [4.69, 9.17) is 11.6 Å². The molecule has 0 unspecified atom stereocenters. The summed E-state index contributed by atoms with van der Waals surface area (Å²) in [6, 6.07) is 14.3. The molecule has 6 nitrogen and oxygen atoms in total. The smallest absolute Gasteiger partial charge is 0.271 e. The van der Waals surface area contributed by atoms with E-state index in [1.165, 1.54) is 18.5 Å². The van der Waals surface area contributed by atoms with Crippen molar-refractivity contribution in [3.05, 3.63) is 74.9 Å². The Labute approximate surface area is 163 Å². The first-order valence-electron chi connectivity index (χ1n) is 8.05. The zero-order valence-electron chi connectivity index (χ0n) is 14.1. The Morgan fingerprint density at radius 3 is 2.63 bits per heavy atom. The molecule has 2 aromatic heterocycles. The van der Waals surface area contributed by atoms with Crippen LogP contribution in [0.4, 0.5) is 17.2 Å². The van der Waals surface area contributed by atoms with Crippen molar-refractivity contribution in [3.63, 3.8) is 0 Å². The zero-order chi connectivity index (χ0) is 19.0. The largest absolute Gasteiger partial charge is 0.338 e. The van der Waals surface area contributed by atoms with Gasteiger partial charge in [-0.1, -0.05) is 41.9 Å². The van der Waals surface area contributed by atoms with Gasteiger partial charge in [0.2, 0.25) is 0 Å². The van der Waals surface area contributed by atoms with Crippen LogP contribution in [-0.4, -0.2) is 14.9 Å². The van der Waals surface area contributed by atoms with E-state index in [-0.39, 0.29) is 10.7 Å². The van der Waals surface area contributed by atoms with Gasteiger partial charge < -0.3 is 5.32 Å². The number of halogens is 1. The minimum atomic E-state index is -0.478. The number of rotatable bonds is 4. The normalized spacial score (nSPS) is 10.9. The van der Waals surface area contributed by atoms with Gasteiger partial charge in [0.25, 0.3) is 5.69 Å². The van der Waals surface area contributed by atoms with Crippen LogP contribution in [0.25, 0.3) is 21.3 Å². The fourth-order valence-electron chi connectivity index (χ4n) is 2.94. The van der Waals surface area contributed by atoms with Crippen LogP contribution in [0.5, 0.6) is 0 Å². The third kappa shape index (κ3) is 3.22. The van der Waals surface area contributed by atoms with Gasteiger partial charge in [0.05, 0.1) is 21.0 Å². The van der Waals surface area contributed by atoms with Crippen molar-refractivity contribution < 1.29 is 4.92 Å². The highest BCUT2D eigenvalue weighted by atomic mass is 35.5. The average Bonchev–Trinajstić information content (AvgIpc) is 3.00. The second-order valence-electron chi connectivity index (χ2n) is 5.85. The van der Waals surface area contributed by atoms with Gasteiger partial charge in [0.1, 0.15) is 17.0 Å². The van der Waals surface area contributed by atoms with Gasteiger partial charge in [-0.05, 0) is 18.6 Å². The number of nitro groups is 1. The molecule has 0 aliphatic heterocycles. The number of non-ortho nitro benzene ring substituents is 1. The molecule has 2 heterocycles. The summed E-state index contributed by atoms with van der Waals surface area (Å²) in [5.41, 5.74) is 2.63. The molecule has 4 aromatic rings. The van der Waals surface area contributed by atoms with Crippen LogP contribution in [-0.2, 0) is 0 Å². The van der Waals surface area contributed by atoms with E-state index < -0.39 is 4.92 Å². The molecular formula is C19H13ClN4O2S. The maximum absolute atomic E-state index is 10.9. The van der Waals surface area contributed by atoms with Crippen molar-refractivity contribution in [2.75, 3.05) is 5.32 Å². The minimum Gasteiger partial charge on any atom is -0.338 e. The number of hydrogen-bond acceptors (Lipinski definition) is 6. The van der Waals surface area contributed by atoms with E-state index in [2.05, 4.69) is 22.2 Å². The summed E-state index contributed by atoms with van der Waals surface area (Å²) >= 11 is 7.82. The molecule has 0 saturated heterocycles. The van der Waals surface area contributed by atoms with E-state index in [0.29, 0.717) is 11.5 Å². The van der Waals surface area contributed by atoms with E-state index >= 15 is 0 Å². The molecule has 0 fully saturated rings. The SMILES string of the molecule is Cc1sc2ncnc(Nc3ccc([N+](=O)[O-])cc3Cl)c2c1-c1ccccc1. The Morgan fingerprint density at radius 1 is 1.15 bits per heavy atom. The van der Waals surface area contributed by atoms with E-state index in [0.717, 1.165) is 26.2 Å². The van der Waals surface area contributed by atoms with Gasteiger partial charge in [-0.3, -0.25) is 10.1 Å². The predicted molar refractivity (Wildman–Crippen MR) is 109 cm³/mol. The molecule has 0 spiro atoms. The average molecular weight is 397 g/mol. The van der Waals surface area contributed by atoms with E-state index in [1.54, 1.807) is 17.4 Å². The first kappa shape index (κ1) is 17.4. The Kier molecular flexibility index (Phi) is 4.47. The highest BCUT2D eigenvalue weighted by molar-refractivity contribution is 7.19. The van der Waals surface area contributed by atoms with Crippen molar-refractivity contribution in [1.82, 2.24) is 9.97 Å². The van der Waals surface area contributed by atoms with Crippen LogP contribution >= 0.6 is 22.9 Å². The fourth-order valence-corrected chi connectivity index (χ4v) is 4.17. The van der Waals surface area contributed by atoms with Crippen LogP contribution < -0.4 is 5.32 Å². The number of nitrogens with one attached hydrogen (secondary N) is 1. The molecule has 8 heteroatoms. The van der Waals surface area contributed by atoms with Crippen molar-refractivity contribution in [2.24, 2.45) is 0 Å². The lowest BCUT2D eigenvalue weighted by molar-refractivity contribution is -0.384. The van der Waals surface area contributed by atoms with Gasteiger partial charge in [0, 0.05) is 22.6 Å². The number of thiophene rings is 1. The predicted octanol–water partition coefficient (Wildman–Crippen LogP) is 5.97. The second kappa shape index (κ2) is 6.94. The summed E-state index contributed by atoms with van der Waals surface area (Å²) in [5, 5.41) is 15.3. The summed E-state index contributed by atoms with van der Waals surface area (Å²) in [6.45, 7) is 2.05. The molecule has 0 radical (unpaired) electrons. The quantitative estimate of drug-likeness (QED) is 0.339. The fraction of sp³-hybridized carbons (Fsp3) is 0.0526. The number of benzene rings is 2. The highest BCUT2D eigenvalue weighted by Gasteiger charge is 2.18. The van der Waals surface area contributed by atoms with Crippen molar-refractivity contribution in [3.8, 4) is 11.1 Å². The van der Waals surface area contributed by atoms with E-state index in [1.807, 2.05) is 30.3 Å². The maximum atomic E-state index is 10.9. The number of hydrogen-bond donors (Lipinski definition) is 1. The van der Waals surface area contributed by atoms with Gasteiger partial charge in [-0.25, -0.2) is 9.97 Å². The molecule has 0 aliphatic carbocycles. The molecule has 0 aliphatic rings. The summed E-state index contributed by atoms with van der Waals surface area (Å²) in [7, 11) is 0. The molecule has 4 rings (SSSR count). The Morgan fingerprint density at radius 2 is 1.93 bits per heavy atom. The zero-order valence-corrected chi connectivity index (χ0v) is 15.7. The van der Waals surface area contributed by atoms with Gasteiger partial charge in [-0.2, -0.15) is 0 Å². The number of nitro benzene ring substituents is 1. The Balaban J connectivity index is 1.85. The third-order valence-electron chi connectivity index (χ3n) is 4.14. The summed E-state index contributed by atoms with van der Waals surface area (Å²) in [5.74, 6) is 0.610. The monoisotopic (exact) mass is 396 g/mol. The third-order valence-corrected chi connectivity index (χ3v) is 5.47. The van der Waals surface area contributed by atoms with Crippen LogP contribution in [0.2, 0.25) is 5.02 Å². The van der Waals surface area contributed by atoms with Gasteiger partial charge in [0.15, 0.2) is 0 Å². The minimum absolute atomic E-state index is 0.0604. The molecule has 134 valence electrons. The van der Waals surface area contributed by atoms with Crippen molar-refractivity contribution >= 4 is 50.3 Å². The van der Waals surface area contributed by atoms with Gasteiger partial charge in [-0.15, -0.1) is 11.3 Å². The standard InChI is InChI=1S/C19H13ClN4O2S/c1-11-16(12-5-3-2-4-6-12)17-18(21-10-22-19(17)27-11)23-15-8-7-13(24(25)26)9-14(15)20/h2-10H,1H3,(H,21,22,23). The summed E-state index contributed by atoms with van der Waals surface area (Å²) in [6.07, 6.45) is 1.49. The van der Waals surface area contributed by atoms with Crippen LogP contribution in [0.1, 0.15) is 4.88 Å². The molecule has 0 saturated carbocycles. The molecular weight excluding hydrogens is 384 g/mol. The second-order valence-corrected chi connectivity index (χ2v) is 7.46. The van der Waals surface area contributed by atoms with Crippen LogP contribution in [0.3, 0.4) is 0 Å². The molecule has 27 heavy (non-hydrogen) atoms. The molecule has 0 amide bonds. The van der Waals surface area contributed by atoms with Crippen LogP contribution in [0, 0.1) is 17.0 Å². The van der Waals surface area contributed by atoms with Crippen LogP contribution in [0.15, 0.2) is 54.9 Å². The van der Waals surface area contributed by atoms with Crippen molar-refractivity contribution in [2.45, 2.75) is 6.92 Å². The van der Waals surface area contributed by atoms with Gasteiger partial charge >= 0.3 is 0 Å². The first-order valence-corrected chi connectivity index (χ1v) is 9.24. The number of anilines is 2. The summed E-state index contributed by atoms with van der Waals surface area (Å²) in [4.78, 5) is 21.2. The first-order chi connectivity index (χ1) is 13.0. The number of aryl methyl sites for hydroxylation is 1. The lowest BCUT2D eigenvalue weighted by Gasteiger charge is -2.10. The summed E-state index contributed by atoms with van der Waals surface area (Å²) < 4.78 is 0. The molecule has 0 atom stereocenters. The number of aromatic nitrogens is 2. The lowest BCUT2D eigenvalue weighted by Crippen LogP contribution is -1.97. The Hall–Kier alpha value is -3.03. The topological polar surface area (TPSA) is 81.0 Å². The molecule has 0 bridgehead atoms.